The van der Waals surface area contributed by atoms with Crippen LogP contribution in [0.15, 0.2) is 0 Å². The van der Waals surface area contributed by atoms with Gasteiger partial charge in [0, 0.05) is 32.5 Å². The zero-order chi connectivity index (χ0) is 34.8. The maximum absolute atomic E-state index is 12.4. The van der Waals surface area contributed by atoms with Gasteiger partial charge in [-0.25, -0.2) is 0 Å². The molecule has 2 N–H and O–H groups in total. The second-order valence-corrected chi connectivity index (χ2v) is 14.7. The van der Waals surface area contributed by atoms with Crippen LogP contribution in [0.2, 0.25) is 0 Å². The fourth-order valence-corrected chi connectivity index (χ4v) is 6.96. The molecule has 0 atom stereocenters. The minimum Gasteiger partial charge on any atom is -0.464 e. The number of esters is 2. The van der Waals surface area contributed by atoms with Gasteiger partial charge in [-0.3, -0.25) is 14.5 Å². The smallest absolute Gasteiger partial charge is 0.305 e. The number of unbranched alkanes of at least 4 members (excludes halogenated alkanes) is 20. The highest BCUT2D eigenvalue weighted by Gasteiger charge is 2.21. The van der Waals surface area contributed by atoms with E-state index < -0.39 is 0 Å². The third-order valence-corrected chi connectivity index (χ3v) is 10.2. The molecule has 1 saturated heterocycles. The van der Waals surface area contributed by atoms with Crippen molar-refractivity contribution < 1.29 is 19.1 Å². The first-order chi connectivity index (χ1) is 23.6. The number of carbonyl (C=O) groups excluding carboxylic acids is 2. The molecule has 1 rings (SSSR count). The van der Waals surface area contributed by atoms with Crippen molar-refractivity contribution in [3.8, 4) is 0 Å². The quantitative estimate of drug-likeness (QED) is 0.0527. The second-order valence-electron chi connectivity index (χ2n) is 14.7. The van der Waals surface area contributed by atoms with Gasteiger partial charge < -0.3 is 20.1 Å². The molecule has 0 aromatic rings. The maximum Gasteiger partial charge on any atom is 0.305 e. The molecule has 284 valence electrons. The molecular weight excluding hydrogens is 598 g/mol. The van der Waals surface area contributed by atoms with Crippen LogP contribution in [0.3, 0.4) is 0 Å². The lowest BCUT2D eigenvalue weighted by Gasteiger charge is -2.34. The van der Waals surface area contributed by atoms with Crippen molar-refractivity contribution >= 4 is 11.9 Å². The first-order valence-electron chi connectivity index (χ1n) is 21.0. The molecule has 48 heavy (non-hydrogen) atoms. The summed E-state index contributed by atoms with van der Waals surface area (Å²) in [4.78, 5) is 29.7. The van der Waals surface area contributed by atoms with E-state index in [-0.39, 0.29) is 11.9 Å². The lowest BCUT2D eigenvalue weighted by atomic mass is 9.96. The number of hydrogen-bond acceptors (Lipinski definition) is 7. The SMILES string of the molecule is CCCCCCCCCCCCCC(=O)OCCN(CCOC(=O)CCCCCCCCCCCCC)CC1CCN(CCCN)CC1. The maximum atomic E-state index is 12.4. The van der Waals surface area contributed by atoms with Gasteiger partial charge >= 0.3 is 11.9 Å². The van der Waals surface area contributed by atoms with E-state index in [1.54, 1.807) is 0 Å². The molecule has 7 nitrogen and oxygen atoms in total. The molecule has 0 radical (unpaired) electrons. The number of nitrogens with two attached hydrogens (primary N) is 1. The molecule has 0 saturated carbocycles. The van der Waals surface area contributed by atoms with Crippen molar-refractivity contribution in [1.29, 1.82) is 0 Å². The van der Waals surface area contributed by atoms with E-state index in [0.29, 0.717) is 45.1 Å². The van der Waals surface area contributed by atoms with Gasteiger partial charge in [0.1, 0.15) is 13.2 Å². The summed E-state index contributed by atoms with van der Waals surface area (Å²) in [6, 6.07) is 0. The standard InChI is InChI=1S/C41H81N3O4/c1-3-5-7-9-11-13-15-17-19-21-23-26-40(45)47-36-34-44(38-39-28-32-43(33-29-39)31-25-30-42)35-37-48-41(46)27-24-22-20-18-16-14-12-10-8-6-4-2/h39H,3-38,42H2,1-2H3. The average Bonchev–Trinajstić information content (AvgIpc) is 3.09. The Kier molecular flexibility index (Phi) is 32.0. The van der Waals surface area contributed by atoms with Crippen LogP contribution in [0.4, 0.5) is 0 Å². The fraction of sp³-hybridized carbons (Fsp3) is 0.951. The Morgan fingerprint density at radius 1 is 0.583 bits per heavy atom. The molecule has 1 fully saturated rings. The molecule has 0 aliphatic carbocycles. The summed E-state index contributed by atoms with van der Waals surface area (Å²) in [6.45, 7) is 11.8. The third kappa shape index (κ3) is 28.6. The molecule has 0 aromatic heterocycles. The predicted octanol–water partition coefficient (Wildman–Crippen LogP) is 9.84. The third-order valence-electron chi connectivity index (χ3n) is 10.2. The molecule has 0 aromatic carbocycles. The molecule has 0 spiro atoms. The molecular formula is C41H81N3O4. The van der Waals surface area contributed by atoms with Crippen molar-refractivity contribution in [1.82, 2.24) is 9.80 Å². The summed E-state index contributed by atoms with van der Waals surface area (Å²) < 4.78 is 11.3. The van der Waals surface area contributed by atoms with Crippen LogP contribution in [0.5, 0.6) is 0 Å². The Morgan fingerprint density at radius 2 is 0.958 bits per heavy atom. The monoisotopic (exact) mass is 680 g/mol. The lowest BCUT2D eigenvalue weighted by molar-refractivity contribution is -0.144. The molecule has 0 unspecified atom stereocenters. The van der Waals surface area contributed by atoms with Gasteiger partial charge in [-0.2, -0.15) is 0 Å². The van der Waals surface area contributed by atoms with Crippen LogP contribution in [0, 0.1) is 5.92 Å². The molecule has 0 amide bonds. The van der Waals surface area contributed by atoms with Crippen LogP contribution in [0.1, 0.15) is 187 Å². The molecule has 0 bridgehead atoms. The minimum atomic E-state index is -0.0718. The van der Waals surface area contributed by atoms with E-state index in [2.05, 4.69) is 23.6 Å². The largest absolute Gasteiger partial charge is 0.464 e. The Labute approximate surface area is 298 Å². The Bertz CT molecular complexity index is 670. The van der Waals surface area contributed by atoms with E-state index in [1.807, 2.05) is 0 Å². The van der Waals surface area contributed by atoms with Crippen LogP contribution in [0.25, 0.3) is 0 Å². The van der Waals surface area contributed by atoms with E-state index in [1.165, 1.54) is 128 Å². The Balaban J connectivity index is 2.24. The lowest BCUT2D eigenvalue weighted by Crippen LogP contribution is -2.41. The van der Waals surface area contributed by atoms with Gasteiger partial charge in [-0.15, -0.1) is 0 Å². The average molecular weight is 680 g/mol. The highest BCUT2D eigenvalue weighted by Crippen LogP contribution is 2.19. The summed E-state index contributed by atoms with van der Waals surface area (Å²) >= 11 is 0. The van der Waals surface area contributed by atoms with Gasteiger partial charge in [-0.1, -0.05) is 142 Å². The number of nitrogens with zero attached hydrogens (tertiary/aromatic N) is 2. The molecule has 1 aliphatic rings. The topological polar surface area (TPSA) is 85.1 Å². The fourth-order valence-electron chi connectivity index (χ4n) is 6.96. The van der Waals surface area contributed by atoms with Gasteiger partial charge in [-0.05, 0) is 64.2 Å². The first-order valence-corrected chi connectivity index (χ1v) is 21.0. The van der Waals surface area contributed by atoms with Crippen molar-refractivity contribution in [3.05, 3.63) is 0 Å². The Hall–Kier alpha value is -1.18. The number of ether oxygens (including phenoxy) is 2. The summed E-state index contributed by atoms with van der Waals surface area (Å²) in [5, 5.41) is 0. The molecule has 7 heteroatoms. The van der Waals surface area contributed by atoms with Gasteiger partial charge in [0.05, 0.1) is 0 Å². The van der Waals surface area contributed by atoms with E-state index in [4.69, 9.17) is 15.2 Å². The predicted molar refractivity (Wildman–Crippen MR) is 203 cm³/mol. The van der Waals surface area contributed by atoms with Crippen LogP contribution in [-0.4, -0.2) is 80.8 Å². The van der Waals surface area contributed by atoms with E-state index in [0.717, 1.165) is 64.8 Å². The normalized spacial score (nSPS) is 14.2. The number of hydrogen-bond donors (Lipinski definition) is 1. The number of rotatable bonds is 35. The van der Waals surface area contributed by atoms with Crippen molar-refractivity contribution in [3.63, 3.8) is 0 Å². The number of carbonyl (C=O) groups is 2. The van der Waals surface area contributed by atoms with Crippen LogP contribution < -0.4 is 5.73 Å². The highest BCUT2D eigenvalue weighted by atomic mass is 16.5. The summed E-state index contributed by atoms with van der Waals surface area (Å²) in [7, 11) is 0. The van der Waals surface area contributed by atoms with Gasteiger partial charge in [0.25, 0.3) is 0 Å². The summed E-state index contributed by atoms with van der Waals surface area (Å²) in [6.07, 6.45) is 32.6. The number of piperidine rings is 1. The van der Waals surface area contributed by atoms with Gasteiger partial charge in [0.2, 0.25) is 0 Å². The minimum absolute atomic E-state index is 0.0718. The van der Waals surface area contributed by atoms with Gasteiger partial charge in [0.15, 0.2) is 0 Å². The highest BCUT2D eigenvalue weighted by molar-refractivity contribution is 5.69. The van der Waals surface area contributed by atoms with E-state index in [9.17, 15) is 9.59 Å². The molecule has 1 aliphatic heterocycles. The Morgan fingerprint density at radius 3 is 1.33 bits per heavy atom. The van der Waals surface area contributed by atoms with E-state index >= 15 is 0 Å². The van der Waals surface area contributed by atoms with Crippen LogP contribution in [-0.2, 0) is 19.1 Å². The summed E-state index contributed by atoms with van der Waals surface area (Å²) in [5.74, 6) is 0.480. The van der Waals surface area contributed by atoms with Crippen LogP contribution >= 0.6 is 0 Å². The van der Waals surface area contributed by atoms with Crippen molar-refractivity contribution in [2.24, 2.45) is 11.7 Å². The zero-order valence-corrected chi connectivity index (χ0v) is 32.1. The van der Waals surface area contributed by atoms with Crippen molar-refractivity contribution in [2.75, 3.05) is 59.0 Å². The zero-order valence-electron chi connectivity index (χ0n) is 32.1. The number of likely N-dealkylation sites (tertiary alicyclic amines) is 1. The first kappa shape index (κ1) is 44.8. The van der Waals surface area contributed by atoms with Crippen molar-refractivity contribution in [2.45, 2.75) is 187 Å². The second kappa shape index (κ2) is 34.3. The molecule has 1 heterocycles. The summed E-state index contributed by atoms with van der Waals surface area (Å²) in [5.41, 5.74) is 5.71.